The molecule has 2 aromatic carbocycles. The Morgan fingerprint density at radius 1 is 0.650 bits per heavy atom. The minimum Gasteiger partial charge on any atom is -0.550 e. The molecule has 0 atom stereocenters. The number of rotatable bonds is 4. The zero-order valence-corrected chi connectivity index (χ0v) is 10.8. The molecule has 4 nitrogen and oxygen atoms in total. The standard InChI is InChI=1S/2C8H8O2/c2*9-8(10)6-7-4-2-1-3-5-7/h2*1-5H,6H2,(H,9,10)/p-2. The molecule has 0 aliphatic rings. The fourth-order valence-electron chi connectivity index (χ4n) is 1.53. The molecule has 20 heavy (non-hydrogen) atoms. The Hall–Kier alpha value is -2.62. The minimum atomic E-state index is -1.04. The van der Waals surface area contributed by atoms with E-state index < -0.39 is 11.9 Å². The first kappa shape index (κ1) is 15.4. The van der Waals surface area contributed by atoms with Crippen LogP contribution in [0.1, 0.15) is 11.1 Å². The molecule has 0 saturated carbocycles. The Bertz CT molecular complexity index is 483. The van der Waals surface area contributed by atoms with Gasteiger partial charge in [0.25, 0.3) is 0 Å². The van der Waals surface area contributed by atoms with E-state index in [9.17, 15) is 19.8 Å². The fourth-order valence-corrected chi connectivity index (χ4v) is 1.53. The van der Waals surface area contributed by atoms with E-state index in [1.54, 1.807) is 48.5 Å². The molecular formula is C16H14O4-2. The predicted octanol–water partition coefficient (Wildman–Crippen LogP) is -0.0420. The lowest BCUT2D eigenvalue weighted by molar-refractivity contribution is -0.306. The number of carboxylic acids is 2. The zero-order chi connectivity index (χ0) is 14.8. The zero-order valence-electron chi connectivity index (χ0n) is 10.8. The van der Waals surface area contributed by atoms with Crippen molar-refractivity contribution in [2.45, 2.75) is 12.8 Å². The van der Waals surface area contributed by atoms with Crippen LogP contribution in [0.3, 0.4) is 0 Å². The van der Waals surface area contributed by atoms with Crippen molar-refractivity contribution in [2.24, 2.45) is 0 Å². The van der Waals surface area contributed by atoms with Crippen LogP contribution in [0.25, 0.3) is 0 Å². The maximum absolute atomic E-state index is 10.1. The number of carbonyl (C=O) groups excluding carboxylic acids is 2. The van der Waals surface area contributed by atoms with Gasteiger partial charge in [0.15, 0.2) is 0 Å². The molecule has 0 aliphatic heterocycles. The second kappa shape index (κ2) is 8.48. The summed E-state index contributed by atoms with van der Waals surface area (Å²) < 4.78 is 0. The Morgan fingerprint density at radius 2 is 0.950 bits per heavy atom. The lowest BCUT2D eigenvalue weighted by Gasteiger charge is -1.99. The van der Waals surface area contributed by atoms with Gasteiger partial charge in [0.05, 0.1) is 0 Å². The third kappa shape index (κ3) is 6.96. The van der Waals surface area contributed by atoms with Gasteiger partial charge in [0.1, 0.15) is 0 Å². The van der Waals surface area contributed by atoms with Crippen molar-refractivity contribution in [3.63, 3.8) is 0 Å². The average Bonchev–Trinajstić information content (AvgIpc) is 2.40. The number of carboxylic acid groups (broad SMARTS) is 2. The first-order valence-corrected chi connectivity index (χ1v) is 6.05. The van der Waals surface area contributed by atoms with Crippen molar-refractivity contribution >= 4 is 11.9 Å². The molecular weight excluding hydrogens is 256 g/mol. The number of hydrogen-bond acceptors (Lipinski definition) is 4. The normalized spacial score (nSPS) is 9.20. The van der Waals surface area contributed by atoms with Gasteiger partial charge in [-0.3, -0.25) is 0 Å². The fraction of sp³-hybridized carbons (Fsp3) is 0.125. The number of carbonyl (C=O) groups is 2. The van der Waals surface area contributed by atoms with Gasteiger partial charge in [0, 0.05) is 24.8 Å². The van der Waals surface area contributed by atoms with Gasteiger partial charge >= 0.3 is 0 Å². The summed E-state index contributed by atoms with van der Waals surface area (Å²) in [7, 11) is 0. The predicted molar refractivity (Wildman–Crippen MR) is 70.3 cm³/mol. The summed E-state index contributed by atoms with van der Waals surface area (Å²) in [5.41, 5.74) is 1.56. The molecule has 0 N–H and O–H groups in total. The van der Waals surface area contributed by atoms with Crippen molar-refractivity contribution in [3.8, 4) is 0 Å². The molecule has 0 spiro atoms. The van der Waals surface area contributed by atoms with Crippen LogP contribution in [0.4, 0.5) is 0 Å². The maximum Gasteiger partial charge on any atom is 0.0458 e. The van der Waals surface area contributed by atoms with Crippen molar-refractivity contribution in [2.75, 3.05) is 0 Å². The van der Waals surface area contributed by atoms with Crippen LogP contribution >= 0.6 is 0 Å². The van der Waals surface area contributed by atoms with Crippen molar-refractivity contribution in [3.05, 3.63) is 71.8 Å². The molecule has 0 amide bonds. The molecule has 0 heterocycles. The van der Waals surface area contributed by atoms with Crippen LogP contribution in [0.2, 0.25) is 0 Å². The Morgan fingerprint density at radius 3 is 1.20 bits per heavy atom. The molecule has 0 fully saturated rings. The second-order valence-electron chi connectivity index (χ2n) is 4.07. The van der Waals surface area contributed by atoms with Crippen LogP contribution in [0, 0.1) is 0 Å². The van der Waals surface area contributed by atoms with E-state index in [4.69, 9.17) is 0 Å². The summed E-state index contributed by atoms with van der Waals surface area (Å²) in [6.45, 7) is 0. The molecule has 0 radical (unpaired) electrons. The summed E-state index contributed by atoms with van der Waals surface area (Å²) in [5.74, 6) is -2.07. The van der Waals surface area contributed by atoms with E-state index in [2.05, 4.69) is 0 Å². The molecule has 0 saturated heterocycles. The van der Waals surface area contributed by atoms with Crippen LogP contribution in [0.5, 0.6) is 0 Å². The van der Waals surface area contributed by atoms with E-state index >= 15 is 0 Å². The van der Waals surface area contributed by atoms with E-state index in [0.717, 1.165) is 11.1 Å². The first-order chi connectivity index (χ1) is 9.58. The third-order valence-electron chi connectivity index (χ3n) is 2.38. The lowest BCUT2D eigenvalue weighted by Crippen LogP contribution is -2.24. The van der Waals surface area contributed by atoms with Gasteiger partial charge in [-0.25, -0.2) is 0 Å². The summed E-state index contributed by atoms with van der Waals surface area (Å²) in [5, 5.41) is 20.1. The van der Waals surface area contributed by atoms with E-state index in [-0.39, 0.29) is 12.8 Å². The highest BCUT2D eigenvalue weighted by Gasteiger charge is 1.89. The summed E-state index contributed by atoms with van der Waals surface area (Å²) in [6, 6.07) is 17.9. The highest BCUT2D eigenvalue weighted by molar-refractivity contribution is 5.68. The summed E-state index contributed by atoms with van der Waals surface area (Å²) in [6.07, 6.45) is 0.00167. The van der Waals surface area contributed by atoms with Gasteiger partial charge < -0.3 is 19.8 Å². The second-order valence-corrected chi connectivity index (χ2v) is 4.07. The molecule has 2 rings (SSSR count). The SMILES string of the molecule is O=C([O-])Cc1ccccc1.O=C([O-])Cc1ccccc1. The first-order valence-electron chi connectivity index (χ1n) is 6.05. The van der Waals surface area contributed by atoms with Crippen molar-refractivity contribution in [1.29, 1.82) is 0 Å². The molecule has 0 aromatic heterocycles. The molecule has 0 aliphatic carbocycles. The van der Waals surface area contributed by atoms with Crippen LogP contribution < -0.4 is 10.2 Å². The molecule has 2 aromatic rings. The Labute approximate surface area is 117 Å². The minimum absolute atomic E-state index is 0.000833. The Kier molecular flexibility index (Phi) is 6.54. The largest absolute Gasteiger partial charge is 0.550 e. The molecule has 0 bridgehead atoms. The number of hydrogen-bond donors (Lipinski definition) is 0. The van der Waals surface area contributed by atoms with Crippen LogP contribution in [-0.4, -0.2) is 11.9 Å². The molecule has 0 unspecified atom stereocenters. The quantitative estimate of drug-likeness (QED) is 0.780. The van der Waals surface area contributed by atoms with Gasteiger partial charge in [-0.2, -0.15) is 0 Å². The molecule has 104 valence electrons. The van der Waals surface area contributed by atoms with E-state index in [1.165, 1.54) is 0 Å². The maximum atomic E-state index is 10.1. The topological polar surface area (TPSA) is 80.3 Å². The van der Waals surface area contributed by atoms with Gasteiger partial charge in [-0.15, -0.1) is 0 Å². The summed E-state index contributed by atoms with van der Waals surface area (Å²) >= 11 is 0. The highest BCUT2D eigenvalue weighted by atomic mass is 16.4. The molecule has 4 heteroatoms. The number of aliphatic carboxylic acids is 2. The van der Waals surface area contributed by atoms with Gasteiger partial charge in [-0.1, -0.05) is 60.7 Å². The smallest absolute Gasteiger partial charge is 0.0458 e. The van der Waals surface area contributed by atoms with Gasteiger partial charge in [0.2, 0.25) is 0 Å². The van der Waals surface area contributed by atoms with Crippen LogP contribution in [-0.2, 0) is 22.4 Å². The van der Waals surface area contributed by atoms with Gasteiger partial charge in [-0.05, 0) is 11.1 Å². The van der Waals surface area contributed by atoms with Crippen molar-refractivity contribution in [1.82, 2.24) is 0 Å². The van der Waals surface area contributed by atoms with E-state index in [0.29, 0.717) is 0 Å². The monoisotopic (exact) mass is 270 g/mol. The lowest BCUT2D eigenvalue weighted by atomic mass is 10.2. The van der Waals surface area contributed by atoms with Crippen molar-refractivity contribution < 1.29 is 19.8 Å². The third-order valence-corrected chi connectivity index (χ3v) is 2.38. The summed E-state index contributed by atoms with van der Waals surface area (Å²) in [4.78, 5) is 20.1. The number of benzene rings is 2. The van der Waals surface area contributed by atoms with Crippen LogP contribution in [0.15, 0.2) is 60.7 Å². The van der Waals surface area contributed by atoms with E-state index in [1.807, 2.05) is 12.1 Å². The average molecular weight is 270 g/mol. The highest BCUT2D eigenvalue weighted by Crippen LogP contribution is 1.98. The Balaban J connectivity index is 0.000000200.